The summed E-state index contributed by atoms with van der Waals surface area (Å²) >= 11 is 3.49. The molecule has 0 heterocycles. The van der Waals surface area contributed by atoms with Gasteiger partial charge in [-0.25, -0.2) is 4.39 Å². The van der Waals surface area contributed by atoms with E-state index in [-0.39, 0.29) is 11.9 Å². The van der Waals surface area contributed by atoms with E-state index in [1.165, 1.54) is 6.07 Å². The second kappa shape index (κ2) is 5.85. The van der Waals surface area contributed by atoms with Crippen LogP contribution in [0.15, 0.2) is 40.9 Å². The van der Waals surface area contributed by atoms with E-state index in [1.807, 2.05) is 39.1 Å². The number of hydrogen-bond acceptors (Lipinski definition) is 1. The highest BCUT2D eigenvalue weighted by molar-refractivity contribution is 9.10. The number of benzene rings is 2. The maximum absolute atomic E-state index is 14.0. The van der Waals surface area contributed by atoms with Gasteiger partial charge in [-0.1, -0.05) is 45.8 Å². The lowest BCUT2D eigenvalue weighted by Crippen LogP contribution is -2.19. The van der Waals surface area contributed by atoms with Crippen LogP contribution in [0.2, 0.25) is 0 Å². The van der Waals surface area contributed by atoms with Crippen LogP contribution >= 0.6 is 15.9 Å². The van der Waals surface area contributed by atoms with Gasteiger partial charge in [0.25, 0.3) is 0 Å². The molecule has 1 N–H and O–H groups in total. The predicted molar refractivity (Wildman–Crippen MR) is 80.9 cm³/mol. The van der Waals surface area contributed by atoms with Gasteiger partial charge in [-0.05, 0) is 44.2 Å². The third-order valence-electron chi connectivity index (χ3n) is 3.27. The summed E-state index contributed by atoms with van der Waals surface area (Å²) in [5, 5.41) is 3.19. The van der Waals surface area contributed by atoms with E-state index in [2.05, 4.69) is 27.3 Å². The highest BCUT2D eigenvalue weighted by Gasteiger charge is 2.16. The summed E-state index contributed by atoms with van der Waals surface area (Å²) in [6.07, 6.45) is 0. The quantitative estimate of drug-likeness (QED) is 0.876. The van der Waals surface area contributed by atoms with E-state index < -0.39 is 0 Å². The first kappa shape index (κ1) is 14.2. The van der Waals surface area contributed by atoms with E-state index >= 15 is 0 Å². The van der Waals surface area contributed by atoms with Crippen molar-refractivity contribution in [2.75, 3.05) is 7.05 Å². The van der Waals surface area contributed by atoms with Gasteiger partial charge in [0.2, 0.25) is 0 Å². The van der Waals surface area contributed by atoms with Gasteiger partial charge in [0.1, 0.15) is 5.82 Å². The first-order valence-corrected chi connectivity index (χ1v) is 7.01. The third kappa shape index (κ3) is 3.04. The minimum absolute atomic E-state index is 0.133. The molecule has 0 aliphatic carbocycles. The minimum Gasteiger partial charge on any atom is -0.309 e. The van der Waals surface area contributed by atoms with Crippen LogP contribution in [0.1, 0.15) is 28.3 Å². The molecule has 0 saturated carbocycles. The summed E-state index contributed by atoms with van der Waals surface area (Å²) < 4.78 is 15.1. The molecular formula is C16H17BrFN. The molecule has 0 amide bonds. The molecule has 1 atom stereocenters. The van der Waals surface area contributed by atoms with Crippen LogP contribution in [-0.2, 0) is 0 Å². The Morgan fingerprint density at radius 2 is 1.84 bits per heavy atom. The molecule has 0 bridgehead atoms. The zero-order valence-corrected chi connectivity index (χ0v) is 12.9. The van der Waals surface area contributed by atoms with Crippen molar-refractivity contribution in [3.05, 3.63) is 68.9 Å². The fourth-order valence-electron chi connectivity index (χ4n) is 2.23. The van der Waals surface area contributed by atoms with Crippen LogP contribution in [0.25, 0.3) is 0 Å². The fraction of sp³-hybridized carbons (Fsp3) is 0.250. The highest BCUT2D eigenvalue weighted by atomic mass is 79.9. The Labute approximate surface area is 122 Å². The van der Waals surface area contributed by atoms with Crippen molar-refractivity contribution >= 4 is 15.9 Å². The van der Waals surface area contributed by atoms with Gasteiger partial charge >= 0.3 is 0 Å². The van der Waals surface area contributed by atoms with Crippen molar-refractivity contribution in [3.8, 4) is 0 Å². The molecule has 0 aliphatic heterocycles. The lowest BCUT2D eigenvalue weighted by Gasteiger charge is -2.19. The molecule has 0 radical (unpaired) electrons. The van der Waals surface area contributed by atoms with Crippen LogP contribution in [0, 0.1) is 19.7 Å². The smallest absolute Gasteiger partial charge is 0.128 e. The summed E-state index contributed by atoms with van der Waals surface area (Å²) in [5.74, 6) is -0.175. The molecule has 0 fully saturated rings. The molecule has 100 valence electrons. The van der Waals surface area contributed by atoms with Gasteiger partial charge in [-0.15, -0.1) is 0 Å². The van der Waals surface area contributed by atoms with E-state index in [0.29, 0.717) is 5.56 Å². The Morgan fingerprint density at radius 3 is 2.47 bits per heavy atom. The van der Waals surface area contributed by atoms with Gasteiger partial charge < -0.3 is 5.32 Å². The second-order valence-electron chi connectivity index (χ2n) is 4.76. The largest absolute Gasteiger partial charge is 0.309 e. The van der Waals surface area contributed by atoms with Crippen LogP contribution in [0.5, 0.6) is 0 Å². The predicted octanol–water partition coefficient (Wildman–Crippen LogP) is 4.51. The van der Waals surface area contributed by atoms with E-state index in [0.717, 1.165) is 21.2 Å². The number of rotatable bonds is 3. The van der Waals surface area contributed by atoms with E-state index in [4.69, 9.17) is 0 Å². The summed E-state index contributed by atoms with van der Waals surface area (Å²) in [6, 6.07) is 11.2. The lowest BCUT2D eigenvalue weighted by atomic mass is 9.96. The van der Waals surface area contributed by atoms with Crippen molar-refractivity contribution in [3.63, 3.8) is 0 Å². The standard InChI is InChI=1S/C16H17BrFN/c1-10-4-7-15(18)13(8-10)16(19-3)12-5-6-14(17)11(2)9-12/h4-9,16,19H,1-3H3. The minimum atomic E-state index is -0.175. The molecule has 2 aromatic rings. The SMILES string of the molecule is CNC(c1ccc(Br)c(C)c1)c1cc(C)ccc1F. The topological polar surface area (TPSA) is 12.0 Å². The number of aryl methyl sites for hydroxylation is 2. The summed E-state index contributed by atoms with van der Waals surface area (Å²) in [5.41, 5.74) is 3.95. The molecule has 0 aliphatic rings. The Hall–Kier alpha value is -1.19. The van der Waals surface area contributed by atoms with Crippen LogP contribution in [0.4, 0.5) is 4.39 Å². The summed E-state index contributed by atoms with van der Waals surface area (Å²) in [7, 11) is 1.85. The maximum atomic E-state index is 14.0. The van der Waals surface area contributed by atoms with Gasteiger partial charge in [-0.3, -0.25) is 0 Å². The highest BCUT2D eigenvalue weighted by Crippen LogP contribution is 2.28. The molecular weight excluding hydrogens is 305 g/mol. The van der Waals surface area contributed by atoms with E-state index in [1.54, 1.807) is 6.07 Å². The van der Waals surface area contributed by atoms with Gasteiger partial charge in [0.05, 0.1) is 6.04 Å². The zero-order chi connectivity index (χ0) is 14.0. The Kier molecular flexibility index (Phi) is 4.38. The molecule has 0 saturated heterocycles. The Morgan fingerprint density at radius 1 is 1.11 bits per heavy atom. The summed E-state index contributed by atoms with van der Waals surface area (Å²) in [4.78, 5) is 0. The first-order valence-electron chi connectivity index (χ1n) is 6.22. The van der Waals surface area contributed by atoms with Crippen molar-refractivity contribution < 1.29 is 4.39 Å². The maximum Gasteiger partial charge on any atom is 0.128 e. The van der Waals surface area contributed by atoms with Crippen molar-refractivity contribution in [2.24, 2.45) is 0 Å². The normalized spacial score (nSPS) is 12.5. The van der Waals surface area contributed by atoms with Crippen LogP contribution in [-0.4, -0.2) is 7.05 Å². The molecule has 0 aromatic heterocycles. The molecule has 0 spiro atoms. The third-order valence-corrected chi connectivity index (χ3v) is 4.16. The first-order chi connectivity index (χ1) is 9.02. The molecule has 2 aromatic carbocycles. The average Bonchev–Trinajstić information content (AvgIpc) is 2.38. The van der Waals surface area contributed by atoms with Gasteiger partial charge in [0.15, 0.2) is 0 Å². The van der Waals surface area contributed by atoms with Crippen molar-refractivity contribution in [2.45, 2.75) is 19.9 Å². The molecule has 19 heavy (non-hydrogen) atoms. The van der Waals surface area contributed by atoms with Crippen LogP contribution < -0.4 is 5.32 Å². The number of hydrogen-bond donors (Lipinski definition) is 1. The van der Waals surface area contributed by atoms with Crippen molar-refractivity contribution in [1.29, 1.82) is 0 Å². The number of nitrogens with one attached hydrogen (secondary N) is 1. The zero-order valence-electron chi connectivity index (χ0n) is 11.3. The molecule has 3 heteroatoms. The molecule has 1 unspecified atom stereocenters. The monoisotopic (exact) mass is 321 g/mol. The van der Waals surface area contributed by atoms with Gasteiger partial charge in [0, 0.05) is 10.0 Å². The fourth-order valence-corrected chi connectivity index (χ4v) is 2.48. The average molecular weight is 322 g/mol. The number of halogens is 2. The van der Waals surface area contributed by atoms with Gasteiger partial charge in [-0.2, -0.15) is 0 Å². The second-order valence-corrected chi connectivity index (χ2v) is 5.61. The van der Waals surface area contributed by atoms with Crippen molar-refractivity contribution in [1.82, 2.24) is 5.32 Å². The van der Waals surface area contributed by atoms with Crippen LogP contribution in [0.3, 0.4) is 0 Å². The molecule has 2 rings (SSSR count). The Bertz CT molecular complexity index is 595. The molecule has 1 nitrogen and oxygen atoms in total. The van der Waals surface area contributed by atoms with E-state index in [9.17, 15) is 4.39 Å². The Balaban J connectivity index is 2.49. The lowest BCUT2D eigenvalue weighted by molar-refractivity contribution is 0.575. The summed E-state index contributed by atoms with van der Waals surface area (Å²) in [6.45, 7) is 4.01.